The van der Waals surface area contributed by atoms with E-state index in [0.717, 1.165) is 24.6 Å². The van der Waals surface area contributed by atoms with Crippen LogP contribution >= 0.6 is 0 Å². The summed E-state index contributed by atoms with van der Waals surface area (Å²) in [6.07, 6.45) is 3.28. The van der Waals surface area contributed by atoms with Crippen molar-refractivity contribution in [3.05, 3.63) is 41.7 Å². The van der Waals surface area contributed by atoms with Crippen LogP contribution in [-0.4, -0.2) is 36.6 Å². The van der Waals surface area contributed by atoms with Gasteiger partial charge in [-0.15, -0.1) is 0 Å². The summed E-state index contributed by atoms with van der Waals surface area (Å²) < 4.78 is 30.5. The van der Waals surface area contributed by atoms with E-state index in [4.69, 9.17) is 9.88 Å². The van der Waals surface area contributed by atoms with Gasteiger partial charge in [-0.1, -0.05) is 0 Å². The monoisotopic (exact) mass is 405 g/mol. The number of hydrogen-bond donors (Lipinski definition) is 2. The average Bonchev–Trinajstić information content (AvgIpc) is 2.94. The summed E-state index contributed by atoms with van der Waals surface area (Å²) in [6.45, 7) is 5.83. The van der Waals surface area contributed by atoms with Crippen molar-refractivity contribution in [1.82, 2.24) is 4.98 Å². The number of sulfonamides is 1. The zero-order valence-corrected chi connectivity index (χ0v) is 16.7. The summed E-state index contributed by atoms with van der Waals surface area (Å²) in [5.74, 6) is -0.896. The van der Waals surface area contributed by atoms with Gasteiger partial charge in [0.1, 0.15) is 10.6 Å². The van der Waals surface area contributed by atoms with E-state index in [-0.39, 0.29) is 28.3 Å². The van der Waals surface area contributed by atoms with Gasteiger partial charge in [0, 0.05) is 17.8 Å². The Morgan fingerprint density at radius 2 is 1.89 bits per heavy atom. The summed E-state index contributed by atoms with van der Waals surface area (Å²) in [7, 11) is -4.24. The van der Waals surface area contributed by atoms with E-state index < -0.39 is 16.0 Å². The zero-order valence-electron chi connectivity index (χ0n) is 15.9. The Labute approximate surface area is 164 Å². The third-order valence-electron chi connectivity index (χ3n) is 4.92. The van der Waals surface area contributed by atoms with Gasteiger partial charge in [0.15, 0.2) is 5.75 Å². The molecule has 0 saturated carbocycles. The molecular formula is C19H23N3O5S. The highest BCUT2D eigenvalue weighted by molar-refractivity contribution is 7.89. The number of benzene rings is 1. The minimum Gasteiger partial charge on any atom is -0.478 e. The Hall–Kier alpha value is -2.65. The topological polar surface area (TPSA) is 123 Å². The van der Waals surface area contributed by atoms with E-state index >= 15 is 0 Å². The van der Waals surface area contributed by atoms with Crippen molar-refractivity contribution in [3.8, 4) is 11.5 Å². The Morgan fingerprint density at radius 1 is 1.25 bits per heavy atom. The predicted octanol–water partition coefficient (Wildman–Crippen LogP) is 2.91. The molecule has 3 N–H and O–H groups in total. The van der Waals surface area contributed by atoms with Crippen molar-refractivity contribution in [2.24, 2.45) is 5.14 Å². The highest BCUT2D eigenvalue weighted by atomic mass is 32.2. The number of primary sulfonamides is 1. The molecule has 1 aromatic heterocycles. The maximum Gasteiger partial charge on any atom is 0.335 e. The first-order chi connectivity index (χ1) is 13.1. The van der Waals surface area contributed by atoms with Gasteiger partial charge in [-0.3, -0.25) is 4.98 Å². The Morgan fingerprint density at radius 3 is 2.39 bits per heavy atom. The van der Waals surface area contributed by atoms with Crippen molar-refractivity contribution in [1.29, 1.82) is 0 Å². The number of carbonyl (C=O) groups is 1. The Bertz CT molecular complexity index is 995. The van der Waals surface area contributed by atoms with Gasteiger partial charge in [0.05, 0.1) is 17.4 Å². The lowest BCUT2D eigenvalue weighted by molar-refractivity contribution is 0.0696. The number of hydrogen-bond acceptors (Lipinski definition) is 6. The fourth-order valence-electron chi connectivity index (χ4n) is 3.52. The highest BCUT2D eigenvalue weighted by Crippen LogP contribution is 2.43. The molecule has 28 heavy (non-hydrogen) atoms. The van der Waals surface area contributed by atoms with E-state index in [1.807, 2.05) is 25.7 Å². The third kappa shape index (κ3) is 3.95. The molecular weight excluding hydrogens is 382 g/mol. The molecule has 0 spiro atoms. The number of pyridine rings is 1. The van der Waals surface area contributed by atoms with Crippen LogP contribution in [0.2, 0.25) is 0 Å². The molecule has 0 radical (unpaired) electrons. The van der Waals surface area contributed by atoms with Crippen LogP contribution in [0.25, 0.3) is 0 Å². The first-order valence-electron chi connectivity index (χ1n) is 8.91. The maximum absolute atomic E-state index is 12.3. The number of carboxylic acid groups (broad SMARTS) is 1. The van der Waals surface area contributed by atoms with Crippen molar-refractivity contribution >= 4 is 21.7 Å². The summed E-state index contributed by atoms with van der Waals surface area (Å²) in [5, 5.41) is 14.9. The number of rotatable bonds is 5. The van der Waals surface area contributed by atoms with Crippen LogP contribution in [0.3, 0.4) is 0 Å². The number of anilines is 1. The minimum atomic E-state index is -4.24. The van der Waals surface area contributed by atoms with Crippen LogP contribution in [0.4, 0.5) is 5.69 Å². The number of aromatic carboxylic acids is 1. The molecule has 0 amide bonds. The van der Waals surface area contributed by atoms with Crippen LogP contribution in [0.1, 0.15) is 42.7 Å². The number of aryl methyl sites for hydroxylation is 1. The molecule has 1 aromatic carbocycles. The normalized spacial score (nSPS) is 19.6. The molecule has 2 heterocycles. The fourth-order valence-corrected chi connectivity index (χ4v) is 4.21. The van der Waals surface area contributed by atoms with Crippen molar-refractivity contribution < 1.29 is 23.1 Å². The maximum atomic E-state index is 12.3. The van der Waals surface area contributed by atoms with Crippen LogP contribution in [0, 0.1) is 6.92 Å². The SMILES string of the molecule is Cc1ccc(Oc2c(N3C(C)CCC3C)cc(C(=O)O)cc2S(N)(=O)=O)cn1. The second kappa shape index (κ2) is 7.40. The van der Waals surface area contributed by atoms with Crippen molar-refractivity contribution in [2.75, 3.05) is 4.90 Å². The quantitative estimate of drug-likeness (QED) is 0.784. The lowest BCUT2D eigenvalue weighted by atomic mass is 10.1. The van der Waals surface area contributed by atoms with E-state index in [1.165, 1.54) is 12.3 Å². The van der Waals surface area contributed by atoms with Crippen LogP contribution in [0.5, 0.6) is 11.5 Å². The molecule has 1 fully saturated rings. The zero-order chi connectivity index (χ0) is 20.6. The van der Waals surface area contributed by atoms with Crippen LogP contribution in [-0.2, 0) is 10.0 Å². The average molecular weight is 405 g/mol. The standard InChI is InChI=1S/C19H23N3O5S/c1-11-4-7-15(10-21-11)27-18-16(22-12(2)5-6-13(22)3)8-14(19(23)24)9-17(18)28(20,25)26/h4,7-10,12-13H,5-6H2,1-3H3,(H,23,24)(H2,20,25,26). The molecule has 2 unspecified atom stereocenters. The van der Waals surface area contributed by atoms with E-state index in [1.54, 1.807) is 12.1 Å². The molecule has 2 aromatic rings. The van der Waals surface area contributed by atoms with E-state index in [9.17, 15) is 18.3 Å². The predicted molar refractivity (Wildman–Crippen MR) is 104 cm³/mol. The molecule has 8 nitrogen and oxygen atoms in total. The number of nitrogens with two attached hydrogens (primary N) is 1. The van der Waals surface area contributed by atoms with Crippen LogP contribution < -0.4 is 14.8 Å². The largest absolute Gasteiger partial charge is 0.478 e. The molecule has 1 saturated heterocycles. The van der Waals surface area contributed by atoms with Gasteiger partial charge in [-0.2, -0.15) is 0 Å². The van der Waals surface area contributed by atoms with Gasteiger partial charge in [-0.25, -0.2) is 18.4 Å². The Kier molecular flexibility index (Phi) is 5.31. The van der Waals surface area contributed by atoms with Gasteiger partial charge < -0.3 is 14.7 Å². The summed E-state index contributed by atoms with van der Waals surface area (Å²) >= 11 is 0. The lowest BCUT2D eigenvalue weighted by Crippen LogP contribution is -2.33. The number of nitrogens with zero attached hydrogens (tertiary/aromatic N) is 2. The molecule has 2 atom stereocenters. The third-order valence-corrected chi connectivity index (χ3v) is 5.84. The smallest absolute Gasteiger partial charge is 0.335 e. The first-order valence-corrected chi connectivity index (χ1v) is 10.5. The second-order valence-electron chi connectivity index (χ2n) is 7.09. The van der Waals surface area contributed by atoms with Crippen molar-refractivity contribution in [2.45, 2.75) is 50.6 Å². The summed E-state index contributed by atoms with van der Waals surface area (Å²) in [4.78, 5) is 17.4. The summed E-state index contributed by atoms with van der Waals surface area (Å²) in [5.41, 5.74) is 1.00. The molecule has 150 valence electrons. The molecule has 0 aliphatic carbocycles. The van der Waals surface area contributed by atoms with Crippen molar-refractivity contribution in [3.63, 3.8) is 0 Å². The Balaban J connectivity index is 2.26. The number of carboxylic acids is 1. The van der Waals surface area contributed by atoms with Gasteiger partial charge >= 0.3 is 5.97 Å². The summed E-state index contributed by atoms with van der Waals surface area (Å²) in [6, 6.07) is 6.05. The van der Waals surface area contributed by atoms with Gasteiger partial charge in [0.2, 0.25) is 10.0 Å². The number of ether oxygens (including phenoxy) is 1. The van der Waals surface area contributed by atoms with Gasteiger partial charge in [0.25, 0.3) is 0 Å². The molecule has 0 bridgehead atoms. The lowest BCUT2D eigenvalue weighted by Gasteiger charge is -2.31. The molecule has 1 aliphatic heterocycles. The second-order valence-corrected chi connectivity index (χ2v) is 8.62. The van der Waals surface area contributed by atoms with Crippen LogP contribution in [0.15, 0.2) is 35.4 Å². The van der Waals surface area contributed by atoms with Gasteiger partial charge in [-0.05, 0) is 57.9 Å². The minimum absolute atomic E-state index is 0.0127. The van der Waals surface area contributed by atoms with E-state index in [2.05, 4.69) is 4.98 Å². The molecule has 3 rings (SSSR count). The number of aromatic nitrogens is 1. The fraction of sp³-hybridized carbons (Fsp3) is 0.368. The molecule has 1 aliphatic rings. The first kappa shape index (κ1) is 20.1. The highest BCUT2D eigenvalue weighted by Gasteiger charge is 2.33. The van der Waals surface area contributed by atoms with E-state index in [0.29, 0.717) is 11.4 Å². The molecule has 9 heteroatoms.